The van der Waals surface area contributed by atoms with Crippen LogP contribution < -0.4 is 4.74 Å². The van der Waals surface area contributed by atoms with Gasteiger partial charge in [0.05, 0.1) is 7.11 Å². The number of carbonyl (C=O) groups excluding carboxylic acids is 1. The SMILES string of the molecule is COc1cc(C=O)c(CC(C)C)cc1CC(C)C. The Morgan fingerprint density at radius 1 is 1.06 bits per heavy atom. The van der Waals surface area contributed by atoms with E-state index < -0.39 is 0 Å². The number of hydrogen-bond donors (Lipinski definition) is 0. The number of hydrogen-bond acceptors (Lipinski definition) is 2. The largest absolute Gasteiger partial charge is 0.496 e. The second kappa shape index (κ2) is 6.58. The lowest BCUT2D eigenvalue weighted by molar-refractivity contribution is 0.112. The van der Waals surface area contributed by atoms with Crippen LogP contribution in [0.4, 0.5) is 0 Å². The molecule has 18 heavy (non-hydrogen) atoms. The van der Waals surface area contributed by atoms with E-state index in [0.717, 1.165) is 36.0 Å². The number of carbonyl (C=O) groups is 1. The van der Waals surface area contributed by atoms with E-state index in [0.29, 0.717) is 11.8 Å². The van der Waals surface area contributed by atoms with Crippen LogP contribution in [0.25, 0.3) is 0 Å². The molecule has 0 N–H and O–H groups in total. The number of aldehydes is 1. The third kappa shape index (κ3) is 3.86. The summed E-state index contributed by atoms with van der Waals surface area (Å²) in [5, 5.41) is 0. The Labute approximate surface area is 110 Å². The summed E-state index contributed by atoms with van der Waals surface area (Å²) in [4.78, 5) is 11.2. The molecule has 1 aromatic rings. The molecule has 2 nitrogen and oxygen atoms in total. The van der Waals surface area contributed by atoms with Gasteiger partial charge in [-0.05, 0) is 41.9 Å². The average Bonchev–Trinajstić information content (AvgIpc) is 2.28. The summed E-state index contributed by atoms with van der Waals surface area (Å²) in [7, 11) is 1.66. The van der Waals surface area contributed by atoms with Crippen molar-refractivity contribution in [3.05, 3.63) is 28.8 Å². The van der Waals surface area contributed by atoms with Crippen molar-refractivity contribution in [1.82, 2.24) is 0 Å². The number of rotatable bonds is 6. The van der Waals surface area contributed by atoms with Gasteiger partial charge in [0.15, 0.2) is 0 Å². The van der Waals surface area contributed by atoms with Gasteiger partial charge in [0.1, 0.15) is 12.0 Å². The first-order chi connectivity index (χ1) is 8.47. The van der Waals surface area contributed by atoms with E-state index in [1.807, 2.05) is 6.07 Å². The molecule has 0 amide bonds. The standard InChI is InChI=1S/C16H24O2/c1-11(2)6-13-8-14(7-12(3)4)16(18-5)9-15(13)10-17/h8-12H,6-7H2,1-5H3. The highest BCUT2D eigenvalue weighted by Crippen LogP contribution is 2.27. The maximum Gasteiger partial charge on any atom is 0.150 e. The van der Waals surface area contributed by atoms with Gasteiger partial charge in [-0.2, -0.15) is 0 Å². The summed E-state index contributed by atoms with van der Waals surface area (Å²) >= 11 is 0. The molecule has 0 bridgehead atoms. The summed E-state index contributed by atoms with van der Waals surface area (Å²) < 4.78 is 5.39. The van der Waals surface area contributed by atoms with Gasteiger partial charge in [0.2, 0.25) is 0 Å². The number of ether oxygens (including phenoxy) is 1. The summed E-state index contributed by atoms with van der Waals surface area (Å²) in [6.07, 6.45) is 2.84. The summed E-state index contributed by atoms with van der Waals surface area (Å²) in [6, 6.07) is 4.02. The zero-order valence-electron chi connectivity index (χ0n) is 12.1. The average molecular weight is 248 g/mol. The van der Waals surface area contributed by atoms with Crippen LogP contribution in [0, 0.1) is 11.8 Å². The van der Waals surface area contributed by atoms with Crippen LogP contribution in [-0.2, 0) is 12.8 Å². The van der Waals surface area contributed by atoms with E-state index in [2.05, 4.69) is 33.8 Å². The molecule has 0 spiro atoms. The molecule has 0 heterocycles. The van der Waals surface area contributed by atoms with Crippen LogP contribution in [0.1, 0.15) is 49.2 Å². The van der Waals surface area contributed by atoms with Crippen molar-refractivity contribution in [2.24, 2.45) is 11.8 Å². The van der Waals surface area contributed by atoms with E-state index in [1.54, 1.807) is 7.11 Å². The quantitative estimate of drug-likeness (QED) is 0.714. The molecule has 0 saturated heterocycles. The van der Waals surface area contributed by atoms with Crippen molar-refractivity contribution in [3.8, 4) is 5.75 Å². The Morgan fingerprint density at radius 2 is 1.61 bits per heavy atom. The maximum atomic E-state index is 11.2. The van der Waals surface area contributed by atoms with Gasteiger partial charge >= 0.3 is 0 Å². The molecule has 1 rings (SSSR count). The van der Waals surface area contributed by atoms with Crippen LogP contribution in [0.2, 0.25) is 0 Å². The fourth-order valence-electron chi connectivity index (χ4n) is 2.21. The van der Waals surface area contributed by atoms with Crippen molar-refractivity contribution in [3.63, 3.8) is 0 Å². The molecule has 0 atom stereocenters. The van der Waals surface area contributed by atoms with Gasteiger partial charge in [-0.15, -0.1) is 0 Å². The molecule has 0 aromatic heterocycles. The second-order valence-electron chi connectivity index (χ2n) is 5.68. The van der Waals surface area contributed by atoms with Gasteiger partial charge < -0.3 is 4.74 Å². The lowest BCUT2D eigenvalue weighted by Crippen LogP contribution is -2.04. The Hall–Kier alpha value is -1.31. The van der Waals surface area contributed by atoms with Gasteiger partial charge in [0, 0.05) is 5.56 Å². The molecule has 0 radical (unpaired) electrons. The molecule has 100 valence electrons. The van der Waals surface area contributed by atoms with Crippen molar-refractivity contribution < 1.29 is 9.53 Å². The Kier molecular flexibility index (Phi) is 5.39. The van der Waals surface area contributed by atoms with E-state index in [1.165, 1.54) is 5.56 Å². The molecular formula is C16H24O2. The first kappa shape index (κ1) is 14.7. The highest BCUT2D eigenvalue weighted by molar-refractivity contribution is 5.78. The number of methoxy groups -OCH3 is 1. The molecule has 0 aliphatic rings. The third-order valence-corrected chi connectivity index (χ3v) is 2.93. The normalized spacial score (nSPS) is 11.1. The molecule has 2 heteroatoms. The zero-order chi connectivity index (χ0) is 13.7. The summed E-state index contributed by atoms with van der Waals surface area (Å²) in [5.41, 5.74) is 3.10. The van der Waals surface area contributed by atoms with Crippen molar-refractivity contribution in [2.75, 3.05) is 7.11 Å². The zero-order valence-corrected chi connectivity index (χ0v) is 12.1. The topological polar surface area (TPSA) is 26.3 Å². The van der Waals surface area contributed by atoms with Crippen molar-refractivity contribution in [1.29, 1.82) is 0 Å². The van der Waals surface area contributed by atoms with Crippen LogP contribution in [-0.4, -0.2) is 13.4 Å². The molecule has 0 aliphatic carbocycles. The second-order valence-corrected chi connectivity index (χ2v) is 5.68. The van der Waals surface area contributed by atoms with Gasteiger partial charge in [0.25, 0.3) is 0 Å². The van der Waals surface area contributed by atoms with Gasteiger partial charge in [-0.3, -0.25) is 4.79 Å². The van der Waals surface area contributed by atoms with E-state index in [4.69, 9.17) is 4.74 Å². The first-order valence-electron chi connectivity index (χ1n) is 6.62. The predicted octanol–water partition coefficient (Wildman–Crippen LogP) is 3.90. The Balaban J connectivity index is 3.20. The van der Waals surface area contributed by atoms with Crippen molar-refractivity contribution in [2.45, 2.75) is 40.5 Å². The highest BCUT2D eigenvalue weighted by Gasteiger charge is 2.12. The molecular weight excluding hydrogens is 224 g/mol. The minimum atomic E-state index is 0.545. The first-order valence-corrected chi connectivity index (χ1v) is 6.62. The molecule has 1 aromatic carbocycles. The molecule has 0 aliphatic heterocycles. The fourth-order valence-corrected chi connectivity index (χ4v) is 2.21. The minimum Gasteiger partial charge on any atom is -0.496 e. The molecule has 0 unspecified atom stereocenters. The smallest absolute Gasteiger partial charge is 0.150 e. The summed E-state index contributed by atoms with van der Waals surface area (Å²) in [6.45, 7) is 8.71. The Morgan fingerprint density at radius 3 is 2.06 bits per heavy atom. The Bertz CT molecular complexity index is 406. The monoisotopic (exact) mass is 248 g/mol. The van der Waals surface area contributed by atoms with Crippen LogP contribution in [0.5, 0.6) is 5.75 Å². The van der Waals surface area contributed by atoms with Crippen LogP contribution >= 0.6 is 0 Å². The summed E-state index contributed by atoms with van der Waals surface area (Å²) in [5.74, 6) is 1.95. The predicted molar refractivity (Wildman–Crippen MR) is 75.5 cm³/mol. The minimum absolute atomic E-state index is 0.545. The van der Waals surface area contributed by atoms with Crippen LogP contribution in [0.15, 0.2) is 12.1 Å². The van der Waals surface area contributed by atoms with E-state index >= 15 is 0 Å². The molecule has 0 saturated carbocycles. The lowest BCUT2D eigenvalue weighted by atomic mass is 9.93. The van der Waals surface area contributed by atoms with Gasteiger partial charge in [-0.1, -0.05) is 33.8 Å². The van der Waals surface area contributed by atoms with Gasteiger partial charge in [-0.25, -0.2) is 0 Å². The van der Waals surface area contributed by atoms with E-state index in [9.17, 15) is 4.79 Å². The fraction of sp³-hybridized carbons (Fsp3) is 0.562. The third-order valence-electron chi connectivity index (χ3n) is 2.93. The maximum absolute atomic E-state index is 11.2. The van der Waals surface area contributed by atoms with Crippen LogP contribution in [0.3, 0.4) is 0 Å². The van der Waals surface area contributed by atoms with Crippen molar-refractivity contribution >= 4 is 6.29 Å². The van der Waals surface area contributed by atoms with E-state index in [-0.39, 0.29) is 0 Å². The lowest BCUT2D eigenvalue weighted by Gasteiger charge is -2.15. The highest BCUT2D eigenvalue weighted by atomic mass is 16.5. The molecule has 0 fully saturated rings. The number of benzene rings is 1.